The minimum absolute atomic E-state index is 0.604. The molecule has 1 N–H and O–H groups in total. The van der Waals surface area contributed by atoms with Gasteiger partial charge in [0, 0.05) is 10.4 Å². The maximum atomic E-state index is 5.91. The van der Waals surface area contributed by atoms with Crippen molar-refractivity contribution in [3.63, 3.8) is 0 Å². The van der Waals surface area contributed by atoms with Crippen molar-refractivity contribution < 1.29 is 4.74 Å². The Morgan fingerprint density at radius 1 is 1.50 bits per heavy atom. The van der Waals surface area contributed by atoms with E-state index in [0.717, 1.165) is 17.1 Å². The lowest BCUT2D eigenvalue weighted by molar-refractivity contribution is 0.416. The van der Waals surface area contributed by atoms with Gasteiger partial charge in [-0.05, 0) is 29.7 Å². The predicted molar refractivity (Wildman–Crippen MR) is 65.2 cm³/mol. The van der Waals surface area contributed by atoms with E-state index in [1.165, 1.54) is 11.5 Å². The second-order valence-corrected chi connectivity index (χ2v) is 4.14. The van der Waals surface area contributed by atoms with Crippen molar-refractivity contribution in [1.82, 2.24) is 9.59 Å². The monoisotopic (exact) mass is 255 g/mol. The van der Waals surface area contributed by atoms with E-state index in [9.17, 15) is 0 Å². The van der Waals surface area contributed by atoms with Gasteiger partial charge in [0.05, 0.1) is 25.0 Å². The van der Waals surface area contributed by atoms with Crippen LogP contribution in [0.5, 0.6) is 5.75 Å². The second-order valence-electron chi connectivity index (χ2n) is 3.09. The number of halogens is 1. The molecule has 0 spiro atoms. The zero-order valence-corrected chi connectivity index (χ0v) is 10.2. The number of anilines is 1. The Morgan fingerprint density at radius 2 is 2.38 bits per heavy atom. The van der Waals surface area contributed by atoms with Crippen molar-refractivity contribution in [3.8, 4) is 5.75 Å². The molecule has 1 heterocycles. The highest BCUT2D eigenvalue weighted by atomic mass is 35.5. The Balaban J connectivity index is 2.11. The first kappa shape index (κ1) is 11.2. The molecule has 2 rings (SSSR count). The van der Waals surface area contributed by atoms with Crippen LogP contribution in [0.2, 0.25) is 5.02 Å². The van der Waals surface area contributed by atoms with Crippen molar-refractivity contribution in [1.29, 1.82) is 0 Å². The van der Waals surface area contributed by atoms with Gasteiger partial charge in [0.25, 0.3) is 0 Å². The summed E-state index contributed by atoms with van der Waals surface area (Å²) in [5, 5.41) is 9.70. The van der Waals surface area contributed by atoms with E-state index >= 15 is 0 Å². The van der Waals surface area contributed by atoms with Crippen molar-refractivity contribution in [2.75, 3.05) is 12.4 Å². The summed E-state index contributed by atoms with van der Waals surface area (Å²) in [6.07, 6.45) is 0. The quantitative estimate of drug-likeness (QED) is 0.913. The van der Waals surface area contributed by atoms with Crippen LogP contribution >= 0.6 is 23.1 Å². The number of nitrogens with zero attached hydrogens (tertiary/aromatic N) is 2. The second kappa shape index (κ2) is 5.14. The van der Waals surface area contributed by atoms with Crippen molar-refractivity contribution in [2.24, 2.45) is 0 Å². The third-order valence-electron chi connectivity index (χ3n) is 2.03. The summed E-state index contributed by atoms with van der Waals surface area (Å²) in [6, 6.07) is 5.43. The zero-order valence-electron chi connectivity index (χ0n) is 8.61. The summed E-state index contributed by atoms with van der Waals surface area (Å²) in [5.41, 5.74) is 1.75. The molecule has 0 bridgehead atoms. The van der Waals surface area contributed by atoms with Gasteiger partial charge in [-0.15, -0.1) is 5.10 Å². The number of ether oxygens (including phenoxy) is 1. The average molecular weight is 256 g/mol. The van der Waals surface area contributed by atoms with Gasteiger partial charge in [-0.25, -0.2) is 0 Å². The topological polar surface area (TPSA) is 47.0 Å². The van der Waals surface area contributed by atoms with Crippen molar-refractivity contribution >= 4 is 28.8 Å². The van der Waals surface area contributed by atoms with E-state index in [1.807, 2.05) is 17.5 Å². The molecular formula is C10H10ClN3OS. The van der Waals surface area contributed by atoms with Gasteiger partial charge in [0.1, 0.15) is 5.75 Å². The third kappa shape index (κ3) is 2.62. The van der Waals surface area contributed by atoms with Crippen LogP contribution in [0.4, 0.5) is 5.69 Å². The molecule has 0 unspecified atom stereocenters. The van der Waals surface area contributed by atoms with E-state index in [-0.39, 0.29) is 0 Å². The Kier molecular flexibility index (Phi) is 3.58. The highest BCUT2D eigenvalue weighted by Gasteiger charge is 2.04. The van der Waals surface area contributed by atoms with Crippen molar-refractivity contribution in [2.45, 2.75) is 6.54 Å². The smallest absolute Gasteiger partial charge is 0.142 e. The maximum absolute atomic E-state index is 5.91. The van der Waals surface area contributed by atoms with Crippen molar-refractivity contribution in [3.05, 3.63) is 34.3 Å². The maximum Gasteiger partial charge on any atom is 0.142 e. The van der Waals surface area contributed by atoms with Crippen LogP contribution in [0, 0.1) is 0 Å². The fraction of sp³-hybridized carbons (Fsp3) is 0.200. The summed E-state index contributed by atoms with van der Waals surface area (Å²) >= 11 is 7.24. The third-order valence-corrected chi connectivity index (χ3v) is 2.82. The summed E-state index contributed by atoms with van der Waals surface area (Å²) in [4.78, 5) is 0. The van der Waals surface area contributed by atoms with Crippen LogP contribution in [0.3, 0.4) is 0 Å². The average Bonchev–Trinajstić information content (AvgIpc) is 2.79. The molecule has 0 fully saturated rings. The number of methoxy groups -OCH3 is 1. The number of aromatic nitrogens is 2. The molecule has 84 valence electrons. The molecule has 0 amide bonds. The lowest BCUT2D eigenvalue weighted by atomic mass is 10.3. The van der Waals surface area contributed by atoms with Crippen LogP contribution in [0.15, 0.2) is 23.6 Å². The van der Waals surface area contributed by atoms with Gasteiger partial charge in [0.2, 0.25) is 0 Å². The van der Waals surface area contributed by atoms with Crippen LogP contribution < -0.4 is 10.1 Å². The first-order valence-corrected chi connectivity index (χ1v) is 5.84. The van der Waals surface area contributed by atoms with E-state index in [4.69, 9.17) is 16.3 Å². The first-order valence-electron chi connectivity index (χ1n) is 4.63. The van der Waals surface area contributed by atoms with Crippen LogP contribution in [0.25, 0.3) is 0 Å². The van der Waals surface area contributed by atoms with E-state index in [0.29, 0.717) is 11.6 Å². The molecule has 6 heteroatoms. The number of nitrogens with one attached hydrogen (secondary N) is 1. The highest BCUT2D eigenvalue weighted by Crippen LogP contribution is 2.27. The zero-order chi connectivity index (χ0) is 11.4. The molecule has 0 saturated carbocycles. The van der Waals surface area contributed by atoms with Gasteiger partial charge in [-0.1, -0.05) is 16.1 Å². The Hall–Kier alpha value is -1.33. The fourth-order valence-corrected chi connectivity index (χ4v) is 1.89. The van der Waals surface area contributed by atoms with Gasteiger partial charge < -0.3 is 10.1 Å². The normalized spacial score (nSPS) is 10.1. The molecule has 0 aliphatic heterocycles. The minimum atomic E-state index is 0.604. The highest BCUT2D eigenvalue weighted by molar-refractivity contribution is 7.03. The molecule has 0 atom stereocenters. The molecule has 1 aromatic carbocycles. The van der Waals surface area contributed by atoms with Crippen LogP contribution in [-0.2, 0) is 6.54 Å². The number of benzene rings is 1. The first-order chi connectivity index (χ1) is 7.79. The number of hydrogen-bond acceptors (Lipinski definition) is 5. The number of rotatable bonds is 4. The van der Waals surface area contributed by atoms with Gasteiger partial charge in [-0.3, -0.25) is 0 Å². The molecule has 0 aliphatic rings. The molecular weight excluding hydrogens is 246 g/mol. The predicted octanol–water partition coefficient (Wildman–Crippen LogP) is 2.81. The summed E-state index contributed by atoms with van der Waals surface area (Å²) in [7, 11) is 1.62. The molecule has 1 aromatic heterocycles. The molecule has 4 nitrogen and oxygen atoms in total. The lowest BCUT2D eigenvalue weighted by Crippen LogP contribution is -2.01. The van der Waals surface area contributed by atoms with Gasteiger partial charge in [-0.2, -0.15) is 0 Å². The largest absolute Gasteiger partial charge is 0.495 e. The van der Waals surface area contributed by atoms with E-state index in [1.54, 1.807) is 13.2 Å². The molecule has 0 radical (unpaired) electrons. The molecule has 2 aromatic rings. The Morgan fingerprint density at radius 3 is 3.06 bits per heavy atom. The van der Waals surface area contributed by atoms with Gasteiger partial charge >= 0.3 is 0 Å². The summed E-state index contributed by atoms with van der Waals surface area (Å²) in [6.45, 7) is 0.604. The Labute approximate surface area is 102 Å². The van der Waals surface area contributed by atoms with Crippen LogP contribution in [0.1, 0.15) is 5.69 Å². The van der Waals surface area contributed by atoms with E-state index < -0.39 is 0 Å². The molecule has 0 saturated heterocycles. The number of hydrogen-bond donors (Lipinski definition) is 1. The Bertz CT molecular complexity index is 461. The fourth-order valence-electron chi connectivity index (χ4n) is 1.27. The molecule has 0 aliphatic carbocycles. The summed E-state index contributed by atoms with van der Waals surface area (Å²) in [5.74, 6) is 0.757. The summed E-state index contributed by atoms with van der Waals surface area (Å²) < 4.78 is 9.00. The van der Waals surface area contributed by atoms with Gasteiger partial charge in [0.15, 0.2) is 0 Å². The van der Waals surface area contributed by atoms with E-state index in [2.05, 4.69) is 14.9 Å². The minimum Gasteiger partial charge on any atom is -0.495 e. The standard InChI is InChI=1S/C10H10ClN3OS/c1-15-10-3-2-7(11)4-9(10)12-5-8-6-16-14-13-8/h2-4,6,12H,5H2,1H3. The molecule has 16 heavy (non-hydrogen) atoms. The lowest BCUT2D eigenvalue weighted by Gasteiger charge is -2.10. The van der Waals surface area contributed by atoms with Crippen LogP contribution in [-0.4, -0.2) is 16.7 Å². The SMILES string of the molecule is COc1ccc(Cl)cc1NCc1csnn1.